The Kier molecular flexibility index (Phi) is 4.23. The summed E-state index contributed by atoms with van der Waals surface area (Å²) in [5.74, 6) is 0.298. The highest BCUT2D eigenvalue weighted by Gasteiger charge is 2.23. The molecule has 4 rings (SSSR count). The molecule has 2 aromatic heterocycles. The van der Waals surface area contributed by atoms with Crippen molar-refractivity contribution in [1.82, 2.24) is 14.8 Å². The zero-order valence-corrected chi connectivity index (χ0v) is 15.5. The van der Waals surface area contributed by atoms with Crippen LogP contribution >= 0.6 is 0 Å². The van der Waals surface area contributed by atoms with E-state index < -0.39 is 0 Å². The summed E-state index contributed by atoms with van der Waals surface area (Å²) in [6, 6.07) is 6.15. The summed E-state index contributed by atoms with van der Waals surface area (Å²) < 4.78 is 1.78. The van der Waals surface area contributed by atoms with Gasteiger partial charge in [-0.15, -0.1) is 0 Å². The third-order valence-electron chi connectivity index (χ3n) is 5.43. The molecule has 1 fully saturated rings. The van der Waals surface area contributed by atoms with Crippen LogP contribution in [0.5, 0.6) is 0 Å². The lowest BCUT2D eigenvalue weighted by Crippen LogP contribution is -2.20. The molecule has 0 radical (unpaired) electrons. The molecule has 5 nitrogen and oxygen atoms in total. The Morgan fingerprint density at radius 3 is 2.69 bits per heavy atom. The minimum absolute atomic E-state index is 0.144. The summed E-state index contributed by atoms with van der Waals surface area (Å²) in [7, 11) is 1.90. The predicted molar refractivity (Wildman–Crippen MR) is 104 cm³/mol. The third kappa shape index (κ3) is 2.98. The van der Waals surface area contributed by atoms with Crippen molar-refractivity contribution in [3.63, 3.8) is 0 Å². The molecule has 26 heavy (non-hydrogen) atoms. The van der Waals surface area contributed by atoms with Crippen LogP contribution in [0.1, 0.15) is 36.8 Å². The Labute approximate surface area is 153 Å². The Morgan fingerprint density at radius 1 is 1.23 bits per heavy atom. The zero-order valence-electron chi connectivity index (χ0n) is 15.5. The summed E-state index contributed by atoms with van der Waals surface area (Å²) in [6.07, 6.45) is 8.11. The lowest BCUT2D eigenvalue weighted by atomic mass is 10.0. The van der Waals surface area contributed by atoms with E-state index in [4.69, 9.17) is 4.98 Å². The van der Waals surface area contributed by atoms with Crippen LogP contribution in [0.3, 0.4) is 0 Å². The number of hydrogen-bond acceptors (Lipinski definition) is 3. The van der Waals surface area contributed by atoms with Gasteiger partial charge in [0, 0.05) is 35.8 Å². The first-order valence-electron chi connectivity index (χ1n) is 9.24. The number of benzene rings is 1. The monoisotopic (exact) mass is 348 g/mol. The van der Waals surface area contributed by atoms with E-state index >= 15 is 0 Å². The Morgan fingerprint density at radius 2 is 2.00 bits per heavy atom. The number of amides is 1. The van der Waals surface area contributed by atoms with Gasteiger partial charge >= 0.3 is 0 Å². The average molecular weight is 348 g/mol. The van der Waals surface area contributed by atoms with Crippen molar-refractivity contribution in [3.05, 3.63) is 41.7 Å². The van der Waals surface area contributed by atoms with Crippen LogP contribution in [0.15, 0.2) is 30.6 Å². The molecule has 5 heteroatoms. The summed E-state index contributed by atoms with van der Waals surface area (Å²) in [5, 5.41) is 8.50. The molecule has 0 atom stereocenters. The number of carbonyl (C=O) groups excluding carboxylic acids is 1. The van der Waals surface area contributed by atoms with Crippen molar-refractivity contribution in [2.45, 2.75) is 39.5 Å². The molecule has 0 unspecified atom stereocenters. The van der Waals surface area contributed by atoms with Gasteiger partial charge in [0.05, 0.1) is 17.4 Å². The van der Waals surface area contributed by atoms with Gasteiger partial charge in [-0.05, 0) is 49.9 Å². The Hall–Kier alpha value is -2.69. The van der Waals surface area contributed by atoms with Crippen molar-refractivity contribution in [1.29, 1.82) is 0 Å². The molecule has 2 heterocycles. The number of rotatable bonds is 3. The van der Waals surface area contributed by atoms with E-state index in [0.29, 0.717) is 0 Å². The highest BCUT2D eigenvalue weighted by atomic mass is 16.1. The van der Waals surface area contributed by atoms with Crippen molar-refractivity contribution in [3.8, 4) is 11.3 Å². The lowest BCUT2D eigenvalue weighted by Gasteiger charge is -2.15. The second-order valence-electron chi connectivity index (χ2n) is 7.33. The number of pyridine rings is 1. The molecule has 1 N–H and O–H groups in total. The molecule has 0 saturated heterocycles. The minimum Gasteiger partial charge on any atom is -0.326 e. The molecule has 1 aliphatic carbocycles. The van der Waals surface area contributed by atoms with Gasteiger partial charge in [0.15, 0.2) is 0 Å². The van der Waals surface area contributed by atoms with Crippen LogP contribution < -0.4 is 5.32 Å². The van der Waals surface area contributed by atoms with Gasteiger partial charge in [-0.3, -0.25) is 9.48 Å². The fraction of sp³-hybridized carbons (Fsp3) is 0.381. The molecule has 0 spiro atoms. The highest BCUT2D eigenvalue weighted by Crippen LogP contribution is 2.31. The van der Waals surface area contributed by atoms with Crippen LogP contribution in [0.4, 0.5) is 5.69 Å². The third-order valence-corrected chi connectivity index (χ3v) is 5.43. The number of nitrogens with one attached hydrogen (secondary N) is 1. The van der Waals surface area contributed by atoms with Gasteiger partial charge in [-0.25, -0.2) is 4.98 Å². The molecule has 1 amide bonds. The average Bonchev–Trinajstić information content (AvgIpc) is 3.29. The molecule has 1 aromatic carbocycles. The minimum atomic E-state index is 0.144. The molecule has 3 aromatic rings. The van der Waals surface area contributed by atoms with Crippen LogP contribution in [0.2, 0.25) is 0 Å². The number of aryl methyl sites for hydroxylation is 3. The number of aromatic nitrogens is 3. The topological polar surface area (TPSA) is 59.8 Å². The molecule has 1 saturated carbocycles. The van der Waals surface area contributed by atoms with Gasteiger partial charge < -0.3 is 5.32 Å². The SMILES string of the molecule is Cc1cc(-c2cnn(C)c2)nc2c(C)c(NC(=O)C3CCCC3)ccc12. The molecular formula is C21H24N4O. The van der Waals surface area contributed by atoms with Crippen LogP contribution in [0.25, 0.3) is 22.2 Å². The van der Waals surface area contributed by atoms with Crippen molar-refractivity contribution >= 4 is 22.5 Å². The number of fused-ring (bicyclic) bond motifs is 1. The van der Waals surface area contributed by atoms with Crippen LogP contribution in [0, 0.1) is 19.8 Å². The zero-order chi connectivity index (χ0) is 18.3. The fourth-order valence-corrected chi connectivity index (χ4v) is 3.86. The standard InChI is InChI=1S/C21H24N4O/c1-13-10-19(16-11-22-25(3)12-16)23-20-14(2)18(9-8-17(13)20)24-21(26)15-6-4-5-7-15/h8-12,15H,4-7H2,1-3H3,(H,24,26). The van der Waals surface area contributed by atoms with E-state index in [2.05, 4.69) is 29.5 Å². The molecule has 1 aliphatic rings. The second kappa shape index (κ2) is 6.56. The summed E-state index contributed by atoms with van der Waals surface area (Å²) in [5.41, 5.74) is 5.90. The van der Waals surface area contributed by atoms with Gasteiger partial charge in [-0.2, -0.15) is 5.10 Å². The van der Waals surface area contributed by atoms with Crippen LogP contribution in [-0.4, -0.2) is 20.7 Å². The maximum atomic E-state index is 12.5. The van der Waals surface area contributed by atoms with E-state index in [9.17, 15) is 4.79 Å². The summed E-state index contributed by atoms with van der Waals surface area (Å²) in [6.45, 7) is 4.13. The first-order chi connectivity index (χ1) is 12.5. The maximum Gasteiger partial charge on any atom is 0.227 e. The molecule has 134 valence electrons. The van der Waals surface area contributed by atoms with Gasteiger partial charge in [0.25, 0.3) is 0 Å². The second-order valence-corrected chi connectivity index (χ2v) is 7.33. The number of anilines is 1. The van der Waals surface area contributed by atoms with Gasteiger partial charge in [0.2, 0.25) is 5.91 Å². The quantitative estimate of drug-likeness (QED) is 0.764. The molecular weight excluding hydrogens is 324 g/mol. The first-order valence-corrected chi connectivity index (χ1v) is 9.24. The molecule has 0 bridgehead atoms. The van der Waals surface area contributed by atoms with E-state index in [-0.39, 0.29) is 11.8 Å². The summed E-state index contributed by atoms with van der Waals surface area (Å²) >= 11 is 0. The number of carbonyl (C=O) groups is 1. The van der Waals surface area contributed by atoms with Crippen LogP contribution in [-0.2, 0) is 11.8 Å². The van der Waals surface area contributed by atoms with E-state index in [1.165, 1.54) is 5.56 Å². The number of nitrogens with zero attached hydrogens (tertiary/aromatic N) is 3. The Balaban J connectivity index is 1.74. The van der Waals surface area contributed by atoms with Crippen molar-refractivity contribution in [2.75, 3.05) is 5.32 Å². The largest absolute Gasteiger partial charge is 0.326 e. The predicted octanol–water partition coefficient (Wildman–Crippen LogP) is 4.38. The van der Waals surface area contributed by atoms with Gasteiger partial charge in [-0.1, -0.05) is 18.9 Å². The highest BCUT2D eigenvalue weighted by molar-refractivity contribution is 5.98. The van der Waals surface area contributed by atoms with E-state index in [0.717, 1.165) is 59.1 Å². The normalized spacial score (nSPS) is 14.9. The van der Waals surface area contributed by atoms with Crippen molar-refractivity contribution in [2.24, 2.45) is 13.0 Å². The van der Waals surface area contributed by atoms with E-state index in [1.807, 2.05) is 32.4 Å². The van der Waals surface area contributed by atoms with Gasteiger partial charge in [0.1, 0.15) is 0 Å². The number of hydrogen-bond donors (Lipinski definition) is 1. The first kappa shape index (κ1) is 16.8. The molecule has 0 aliphatic heterocycles. The van der Waals surface area contributed by atoms with E-state index in [1.54, 1.807) is 4.68 Å². The van der Waals surface area contributed by atoms with Crippen molar-refractivity contribution < 1.29 is 4.79 Å². The fourth-order valence-electron chi connectivity index (χ4n) is 3.86. The maximum absolute atomic E-state index is 12.5. The Bertz CT molecular complexity index is 983. The lowest BCUT2D eigenvalue weighted by molar-refractivity contribution is -0.119. The smallest absolute Gasteiger partial charge is 0.227 e. The summed E-state index contributed by atoms with van der Waals surface area (Å²) in [4.78, 5) is 17.4.